The molecule has 0 aliphatic carbocycles. The summed E-state index contributed by atoms with van der Waals surface area (Å²) in [6.45, 7) is 6.37. The van der Waals surface area contributed by atoms with Crippen LogP contribution in [0.25, 0.3) is 0 Å². The number of amides is 1. The van der Waals surface area contributed by atoms with Gasteiger partial charge in [-0.15, -0.1) is 16.4 Å². The van der Waals surface area contributed by atoms with Crippen molar-refractivity contribution in [1.82, 2.24) is 30.6 Å². The highest BCUT2D eigenvalue weighted by Crippen LogP contribution is 2.20. The van der Waals surface area contributed by atoms with Crippen LogP contribution in [-0.2, 0) is 13.0 Å². The van der Waals surface area contributed by atoms with Crippen LogP contribution < -0.4 is 10.6 Å². The van der Waals surface area contributed by atoms with E-state index in [4.69, 9.17) is 0 Å². The molecule has 2 aromatic heterocycles. The summed E-state index contributed by atoms with van der Waals surface area (Å²) < 4.78 is 1.90. The predicted molar refractivity (Wildman–Crippen MR) is 88.6 cm³/mol. The van der Waals surface area contributed by atoms with Gasteiger partial charge in [-0.1, -0.05) is 12.1 Å². The second-order valence-corrected chi connectivity index (χ2v) is 6.66. The molecule has 1 amide bonds. The Bertz CT molecular complexity index is 673. The van der Waals surface area contributed by atoms with E-state index in [9.17, 15) is 4.79 Å². The molecule has 1 aliphatic heterocycles. The fourth-order valence-corrected chi connectivity index (χ4v) is 3.54. The molecular weight excluding hydrogens is 312 g/mol. The van der Waals surface area contributed by atoms with E-state index >= 15 is 0 Å². The third kappa shape index (κ3) is 3.59. The van der Waals surface area contributed by atoms with Gasteiger partial charge in [0.05, 0.1) is 29.0 Å². The highest BCUT2D eigenvalue weighted by Gasteiger charge is 2.22. The largest absolute Gasteiger partial charge is 0.345 e. The zero-order valence-electron chi connectivity index (χ0n) is 13.5. The normalized spacial score (nSPS) is 15.7. The Labute approximate surface area is 139 Å². The van der Waals surface area contributed by atoms with Gasteiger partial charge in [-0.05, 0) is 39.3 Å². The topological polar surface area (TPSA) is 84.7 Å². The molecule has 0 aromatic carbocycles. The summed E-state index contributed by atoms with van der Waals surface area (Å²) in [5, 5.41) is 17.6. The first-order valence-electron chi connectivity index (χ1n) is 8.03. The second-order valence-electron chi connectivity index (χ2n) is 5.72. The number of aromatic nitrogens is 4. The van der Waals surface area contributed by atoms with Gasteiger partial charge in [0.25, 0.3) is 5.91 Å². The number of carbonyl (C=O) groups excluding carboxylic acids is 1. The fraction of sp³-hybridized carbons (Fsp3) is 0.600. The van der Waals surface area contributed by atoms with E-state index in [2.05, 4.69) is 32.9 Å². The number of nitrogens with one attached hydrogen (secondary N) is 2. The minimum absolute atomic E-state index is 0.186. The van der Waals surface area contributed by atoms with E-state index in [1.807, 2.05) is 17.0 Å². The van der Waals surface area contributed by atoms with Crippen LogP contribution >= 0.6 is 11.3 Å². The van der Waals surface area contributed by atoms with Crippen molar-refractivity contribution in [2.45, 2.75) is 45.7 Å². The first kappa shape index (κ1) is 16.1. The maximum atomic E-state index is 12.3. The van der Waals surface area contributed by atoms with Crippen LogP contribution in [0.3, 0.4) is 0 Å². The maximum Gasteiger partial charge on any atom is 0.274 e. The molecule has 2 N–H and O–H groups in total. The van der Waals surface area contributed by atoms with Crippen molar-refractivity contribution in [3.8, 4) is 0 Å². The van der Waals surface area contributed by atoms with Crippen molar-refractivity contribution < 1.29 is 4.79 Å². The van der Waals surface area contributed by atoms with Gasteiger partial charge < -0.3 is 10.6 Å². The van der Waals surface area contributed by atoms with E-state index in [0.717, 1.165) is 48.7 Å². The van der Waals surface area contributed by atoms with Gasteiger partial charge >= 0.3 is 0 Å². The molecule has 124 valence electrons. The Morgan fingerprint density at radius 2 is 2.26 bits per heavy atom. The summed E-state index contributed by atoms with van der Waals surface area (Å²) in [6.07, 6.45) is 2.95. The molecule has 0 spiro atoms. The molecule has 1 aliphatic rings. The minimum Gasteiger partial charge on any atom is -0.345 e. The monoisotopic (exact) mass is 334 g/mol. The summed E-state index contributed by atoms with van der Waals surface area (Å²) in [6, 6.07) is 0.330. The number of rotatable bonds is 5. The van der Waals surface area contributed by atoms with Crippen LogP contribution in [0.5, 0.6) is 0 Å². The summed E-state index contributed by atoms with van der Waals surface area (Å²) >= 11 is 1.62. The number of piperidine rings is 1. The molecule has 0 atom stereocenters. The summed E-state index contributed by atoms with van der Waals surface area (Å²) in [7, 11) is 0. The third-order valence-electron chi connectivity index (χ3n) is 4.13. The molecule has 0 unspecified atom stereocenters. The van der Waals surface area contributed by atoms with Crippen molar-refractivity contribution in [3.05, 3.63) is 27.5 Å². The van der Waals surface area contributed by atoms with Crippen LogP contribution in [0.4, 0.5) is 0 Å². The van der Waals surface area contributed by atoms with Gasteiger partial charge in [-0.2, -0.15) is 0 Å². The van der Waals surface area contributed by atoms with Crippen LogP contribution in [0.2, 0.25) is 0 Å². The smallest absolute Gasteiger partial charge is 0.274 e. The maximum absolute atomic E-state index is 12.3. The van der Waals surface area contributed by atoms with Crippen molar-refractivity contribution in [3.63, 3.8) is 0 Å². The lowest BCUT2D eigenvalue weighted by Crippen LogP contribution is -2.30. The van der Waals surface area contributed by atoms with Gasteiger partial charge in [0.15, 0.2) is 5.69 Å². The fourth-order valence-electron chi connectivity index (χ4n) is 2.80. The van der Waals surface area contributed by atoms with Crippen LogP contribution in [-0.4, -0.2) is 39.0 Å². The number of aryl methyl sites for hydroxylation is 1. The quantitative estimate of drug-likeness (QED) is 0.865. The van der Waals surface area contributed by atoms with Gasteiger partial charge in [0, 0.05) is 5.38 Å². The van der Waals surface area contributed by atoms with Crippen molar-refractivity contribution in [2.75, 3.05) is 13.1 Å². The first-order valence-corrected chi connectivity index (χ1v) is 8.91. The number of thiazole rings is 1. The van der Waals surface area contributed by atoms with E-state index in [0.29, 0.717) is 18.3 Å². The molecule has 8 heteroatoms. The first-order chi connectivity index (χ1) is 11.2. The minimum atomic E-state index is -0.186. The Morgan fingerprint density at radius 3 is 2.96 bits per heavy atom. The summed E-state index contributed by atoms with van der Waals surface area (Å²) in [5.74, 6) is -0.186. The Kier molecular flexibility index (Phi) is 5.02. The Morgan fingerprint density at radius 1 is 1.48 bits per heavy atom. The van der Waals surface area contributed by atoms with Crippen molar-refractivity contribution in [1.29, 1.82) is 0 Å². The molecule has 1 fully saturated rings. The summed E-state index contributed by atoms with van der Waals surface area (Å²) in [4.78, 5) is 16.8. The lowest BCUT2D eigenvalue weighted by molar-refractivity contribution is 0.0944. The molecule has 3 heterocycles. The highest BCUT2D eigenvalue weighted by atomic mass is 32.1. The molecule has 2 aromatic rings. The van der Waals surface area contributed by atoms with Crippen LogP contribution in [0.1, 0.15) is 52.7 Å². The lowest BCUT2D eigenvalue weighted by atomic mass is 10.1. The standard InChI is InChI=1S/C15H22N6OS/c1-3-13-18-11(9-23-13)8-17-15(22)14-10(2)21(20-19-14)12-4-6-16-7-5-12/h9,12,16H,3-8H2,1-2H3,(H,17,22). The average molecular weight is 334 g/mol. The van der Waals surface area contributed by atoms with Gasteiger partial charge in [-0.25, -0.2) is 9.67 Å². The van der Waals surface area contributed by atoms with Crippen LogP contribution in [0.15, 0.2) is 5.38 Å². The van der Waals surface area contributed by atoms with E-state index in [1.54, 1.807) is 11.3 Å². The van der Waals surface area contributed by atoms with E-state index in [-0.39, 0.29) is 5.91 Å². The lowest BCUT2D eigenvalue weighted by Gasteiger charge is -2.23. The molecule has 3 rings (SSSR count). The summed E-state index contributed by atoms with van der Waals surface area (Å²) in [5.41, 5.74) is 2.14. The van der Waals surface area contributed by atoms with E-state index < -0.39 is 0 Å². The third-order valence-corrected chi connectivity index (χ3v) is 5.17. The number of nitrogens with zero attached hydrogens (tertiary/aromatic N) is 4. The Hall–Kier alpha value is -1.80. The molecule has 0 saturated carbocycles. The molecular formula is C15H22N6OS. The van der Waals surface area contributed by atoms with Gasteiger partial charge in [0.2, 0.25) is 0 Å². The van der Waals surface area contributed by atoms with Crippen molar-refractivity contribution >= 4 is 17.2 Å². The number of hydrogen-bond acceptors (Lipinski definition) is 6. The zero-order valence-corrected chi connectivity index (χ0v) is 14.3. The molecule has 7 nitrogen and oxygen atoms in total. The predicted octanol–water partition coefficient (Wildman–Crippen LogP) is 1.46. The van der Waals surface area contributed by atoms with Gasteiger partial charge in [0.1, 0.15) is 0 Å². The average Bonchev–Trinajstić information content (AvgIpc) is 3.20. The Balaban J connectivity index is 1.64. The molecule has 0 radical (unpaired) electrons. The molecule has 0 bridgehead atoms. The second kappa shape index (κ2) is 7.18. The SMILES string of the molecule is CCc1nc(CNC(=O)c2nnn(C3CCNCC3)c2C)cs1. The highest BCUT2D eigenvalue weighted by molar-refractivity contribution is 7.09. The number of hydrogen-bond donors (Lipinski definition) is 2. The number of carbonyl (C=O) groups is 1. The van der Waals surface area contributed by atoms with Crippen molar-refractivity contribution in [2.24, 2.45) is 0 Å². The zero-order chi connectivity index (χ0) is 16.2. The van der Waals surface area contributed by atoms with E-state index in [1.165, 1.54) is 0 Å². The van der Waals surface area contributed by atoms with Crippen LogP contribution in [0, 0.1) is 6.92 Å². The van der Waals surface area contributed by atoms with Gasteiger partial charge in [-0.3, -0.25) is 4.79 Å². The molecule has 23 heavy (non-hydrogen) atoms. The molecule has 1 saturated heterocycles.